The van der Waals surface area contributed by atoms with Crippen molar-refractivity contribution in [2.45, 2.75) is 56.8 Å². The first-order chi connectivity index (χ1) is 16.9. The molecule has 1 aromatic heterocycles. The average molecular weight is 494 g/mol. The highest BCUT2D eigenvalue weighted by Crippen LogP contribution is 2.50. The SMILES string of the molecule is Cn1cnnc1C1(c2cccc(N3Cc4c(Cl)cc(CNCC5CCC5)cc4C3=O)c2)CC(F)C1. The molecule has 8 heteroatoms. The maximum Gasteiger partial charge on any atom is 0.258 e. The first kappa shape index (κ1) is 22.7. The molecule has 2 fully saturated rings. The zero-order valence-corrected chi connectivity index (χ0v) is 20.6. The number of nitrogens with zero attached hydrogens (tertiary/aromatic N) is 4. The summed E-state index contributed by atoms with van der Waals surface area (Å²) in [6.07, 6.45) is 5.43. The molecule has 0 bridgehead atoms. The van der Waals surface area contributed by atoms with Crippen molar-refractivity contribution in [2.75, 3.05) is 11.4 Å². The first-order valence-electron chi connectivity index (χ1n) is 12.4. The van der Waals surface area contributed by atoms with Crippen LogP contribution in [-0.4, -0.2) is 33.4 Å². The number of alkyl halides is 1. The lowest BCUT2D eigenvalue weighted by atomic mass is 9.62. The summed E-state index contributed by atoms with van der Waals surface area (Å²) < 4.78 is 16.0. The molecule has 1 amide bonds. The van der Waals surface area contributed by atoms with Crippen molar-refractivity contribution in [1.82, 2.24) is 20.1 Å². The summed E-state index contributed by atoms with van der Waals surface area (Å²) in [6, 6.07) is 11.8. The summed E-state index contributed by atoms with van der Waals surface area (Å²) >= 11 is 6.64. The van der Waals surface area contributed by atoms with Crippen molar-refractivity contribution in [3.05, 3.63) is 75.8 Å². The Bertz CT molecular complexity index is 1280. The van der Waals surface area contributed by atoms with E-state index < -0.39 is 11.6 Å². The van der Waals surface area contributed by atoms with Crippen LogP contribution in [0.25, 0.3) is 0 Å². The number of benzene rings is 2. The standard InChI is InChI=1S/C27H29ClFN5O/c1-33-16-31-32-26(33)27(11-20(29)12-27)19-6-3-7-21(10-19)34-15-23-22(25(34)35)8-18(9-24(23)28)14-30-13-17-4-2-5-17/h3,6-10,16-17,20,30H,2,4-5,11-15H2,1H3. The van der Waals surface area contributed by atoms with Gasteiger partial charge in [-0.3, -0.25) is 4.79 Å². The van der Waals surface area contributed by atoms with E-state index >= 15 is 0 Å². The smallest absolute Gasteiger partial charge is 0.258 e. The molecule has 3 aliphatic rings. The zero-order chi connectivity index (χ0) is 24.2. The van der Waals surface area contributed by atoms with Gasteiger partial charge in [0.05, 0.1) is 12.0 Å². The van der Waals surface area contributed by atoms with Gasteiger partial charge >= 0.3 is 0 Å². The molecular weight excluding hydrogens is 465 g/mol. The second-order valence-electron chi connectivity index (χ2n) is 10.3. The van der Waals surface area contributed by atoms with E-state index in [9.17, 15) is 9.18 Å². The van der Waals surface area contributed by atoms with Gasteiger partial charge in [0.1, 0.15) is 18.3 Å². The quantitative estimate of drug-likeness (QED) is 0.506. The van der Waals surface area contributed by atoms with Crippen LogP contribution >= 0.6 is 11.6 Å². The lowest BCUT2D eigenvalue weighted by Crippen LogP contribution is -2.45. The fourth-order valence-corrected chi connectivity index (χ4v) is 6.08. The predicted octanol–water partition coefficient (Wildman–Crippen LogP) is 4.94. The Hall–Kier alpha value is -2.77. The van der Waals surface area contributed by atoms with Crippen LogP contribution in [-0.2, 0) is 25.6 Å². The number of hydrogen-bond donors (Lipinski definition) is 1. The van der Waals surface area contributed by atoms with Gasteiger partial charge in [-0.05, 0) is 73.5 Å². The monoisotopic (exact) mass is 493 g/mol. The maximum atomic E-state index is 14.2. The van der Waals surface area contributed by atoms with Crippen LogP contribution < -0.4 is 10.2 Å². The van der Waals surface area contributed by atoms with Crippen LogP contribution in [0, 0.1) is 5.92 Å². The maximum absolute atomic E-state index is 14.2. The number of aromatic nitrogens is 3. The molecule has 0 spiro atoms. The van der Waals surface area contributed by atoms with Gasteiger partial charge in [0.25, 0.3) is 5.91 Å². The van der Waals surface area contributed by atoms with E-state index in [2.05, 4.69) is 15.5 Å². The predicted molar refractivity (Wildman–Crippen MR) is 133 cm³/mol. The number of carbonyl (C=O) groups excluding carboxylic acids is 1. The highest BCUT2D eigenvalue weighted by molar-refractivity contribution is 6.32. The normalized spacial score (nSPS) is 23.8. The minimum absolute atomic E-state index is 0.0513. The molecule has 6 rings (SSSR count). The van der Waals surface area contributed by atoms with Crippen LogP contribution in [0.3, 0.4) is 0 Å². The second kappa shape index (κ2) is 8.71. The molecule has 2 aromatic carbocycles. The van der Waals surface area contributed by atoms with Crippen molar-refractivity contribution in [3.63, 3.8) is 0 Å². The van der Waals surface area contributed by atoms with E-state index in [4.69, 9.17) is 11.6 Å². The van der Waals surface area contributed by atoms with E-state index in [1.807, 2.05) is 48.0 Å². The summed E-state index contributed by atoms with van der Waals surface area (Å²) in [5, 5.41) is 12.5. The number of fused-ring (bicyclic) bond motifs is 1. The van der Waals surface area contributed by atoms with E-state index in [1.54, 1.807) is 11.2 Å². The molecule has 1 aliphatic heterocycles. The fraction of sp³-hybridized carbons (Fsp3) is 0.444. The van der Waals surface area contributed by atoms with Gasteiger partial charge in [-0.15, -0.1) is 10.2 Å². The van der Waals surface area contributed by atoms with Crippen molar-refractivity contribution < 1.29 is 9.18 Å². The summed E-state index contributed by atoms with van der Waals surface area (Å²) in [6.45, 7) is 2.14. The van der Waals surface area contributed by atoms with Crippen LogP contribution in [0.4, 0.5) is 10.1 Å². The van der Waals surface area contributed by atoms with Crippen molar-refractivity contribution in [2.24, 2.45) is 13.0 Å². The Balaban J connectivity index is 1.26. The second-order valence-corrected chi connectivity index (χ2v) is 10.7. The summed E-state index contributed by atoms with van der Waals surface area (Å²) in [5.74, 6) is 1.48. The largest absolute Gasteiger partial charge is 0.320 e. The van der Waals surface area contributed by atoms with Crippen molar-refractivity contribution >= 4 is 23.2 Å². The average Bonchev–Trinajstić information content (AvgIpc) is 3.37. The van der Waals surface area contributed by atoms with Gasteiger partial charge in [0, 0.05) is 35.4 Å². The van der Waals surface area contributed by atoms with Gasteiger partial charge in [0.2, 0.25) is 0 Å². The van der Waals surface area contributed by atoms with Gasteiger partial charge in [-0.1, -0.05) is 30.2 Å². The number of halogens is 2. The molecule has 0 saturated heterocycles. The molecule has 0 radical (unpaired) electrons. The molecule has 2 saturated carbocycles. The number of nitrogens with one attached hydrogen (secondary N) is 1. The Kier molecular flexibility index (Phi) is 5.65. The van der Waals surface area contributed by atoms with Gasteiger partial charge in [-0.2, -0.15) is 0 Å². The fourth-order valence-electron chi connectivity index (χ4n) is 5.78. The van der Waals surface area contributed by atoms with E-state index in [-0.39, 0.29) is 5.91 Å². The highest BCUT2D eigenvalue weighted by atomic mass is 35.5. The number of anilines is 1. The number of amides is 1. The number of rotatable bonds is 7. The molecule has 6 nitrogen and oxygen atoms in total. The Morgan fingerprint density at radius 2 is 2.06 bits per heavy atom. The van der Waals surface area contributed by atoms with Gasteiger partial charge in [-0.25, -0.2) is 4.39 Å². The molecule has 0 unspecified atom stereocenters. The Morgan fingerprint density at radius 3 is 2.74 bits per heavy atom. The number of aryl methyl sites for hydroxylation is 1. The summed E-state index contributed by atoms with van der Waals surface area (Å²) in [5.41, 5.74) is 3.76. The third-order valence-electron chi connectivity index (χ3n) is 8.02. The van der Waals surface area contributed by atoms with E-state index in [1.165, 1.54) is 19.3 Å². The summed E-state index contributed by atoms with van der Waals surface area (Å²) in [4.78, 5) is 15.2. The number of hydrogen-bond acceptors (Lipinski definition) is 4. The molecule has 182 valence electrons. The van der Waals surface area contributed by atoms with E-state index in [0.717, 1.165) is 40.7 Å². The molecule has 1 N–H and O–H groups in total. The minimum Gasteiger partial charge on any atom is -0.320 e. The molecule has 35 heavy (non-hydrogen) atoms. The number of carbonyl (C=O) groups is 1. The molecule has 2 aliphatic carbocycles. The van der Waals surface area contributed by atoms with Crippen molar-refractivity contribution in [1.29, 1.82) is 0 Å². The van der Waals surface area contributed by atoms with Gasteiger partial charge < -0.3 is 14.8 Å². The third-order valence-corrected chi connectivity index (χ3v) is 8.36. The third kappa shape index (κ3) is 3.85. The summed E-state index contributed by atoms with van der Waals surface area (Å²) in [7, 11) is 1.88. The Morgan fingerprint density at radius 1 is 1.23 bits per heavy atom. The lowest BCUT2D eigenvalue weighted by molar-refractivity contribution is 0.0995. The first-order valence-corrected chi connectivity index (χ1v) is 12.8. The molecular formula is C27H29ClFN5O. The van der Waals surface area contributed by atoms with Crippen molar-refractivity contribution in [3.8, 4) is 0 Å². The zero-order valence-electron chi connectivity index (χ0n) is 19.8. The Labute approximate surface area is 209 Å². The highest BCUT2D eigenvalue weighted by Gasteiger charge is 2.50. The minimum atomic E-state index is -0.872. The van der Waals surface area contributed by atoms with Crippen LogP contribution in [0.5, 0.6) is 0 Å². The van der Waals surface area contributed by atoms with Gasteiger partial charge in [0.15, 0.2) is 0 Å². The lowest BCUT2D eigenvalue weighted by Gasteiger charge is -2.43. The molecule has 2 heterocycles. The van der Waals surface area contributed by atoms with Crippen LogP contribution in [0.15, 0.2) is 42.7 Å². The topological polar surface area (TPSA) is 63.1 Å². The molecule has 0 atom stereocenters. The molecule has 3 aromatic rings. The van der Waals surface area contributed by atoms with E-state index in [0.29, 0.717) is 36.5 Å². The van der Waals surface area contributed by atoms with Crippen LogP contribution in [0.1, 0.15) is 65.0 Å². The van der Waals surface area contributed by atoms with Crippen LogP contribution in [0.2, 0.25) is 5.02 Å².